The third kappa shape index (κ3) is 5.06. The predicted molar refractivity (Wildman–Crippen MR) is 160 cm³/mol. The lowest BCUT2D eigenvalue weighted by molar-refractivity contribution is -0.113. The maximum absolute atomic E-state index is 14.5. The number of nitrogens with one attached hydrogen (secondary N) is 1. The molecule has 0 saturated heterocycles. The van der Waals surface area contributed by atoms with Crippen LogP contribution in [0, 0.1) is 0 Å². The summed E-state index contributed by atoms with van der Waals surface area (Å²) in [6.07, 6.45) is 6.35. The molecule has 3 aromatic carbocycles. The average Bonchev–Trinajstić information content (AvgIpc) is 2.98. The Morgan fingerprint density at radius 3 is 2.50 bits per heavy atom. The first-order valence-electron chi connectivity index (χ1n) is 13.9. The van der Waals surface area contributed by atoms with Crippen molar-refractivity contribution in [1.82, 2.24) is 9.55 Å². The summed E-state index contributed by atoms with van der Waals surface area (Å²) in [5, 5.41) is 3.50. The van der Waals surface area contributed by atoms with E-state index in [1.165, 1.54) is 23.7 Å². The van der Waals surface area contributed by atoms with Crippen molar-refractivity contribution in [2.75, 3.05) is 18.2 Å². The lowest BCUT2D eigenvalue weighted by Gasteiger charge is -2.42. The van der Waals surface area contributed by atoms with E-state index in [9.17, 15) is 9.59 Å². The number of carbonyl (C=O) groups excluding carboxylic acids is 1. The molecule has 1 N–H and O–H groups in total. The first-order valence-corrected chi connectivity index (χ1v) is 14.9. The highest BCUT2D eigenvalue weighted by molar-refractivity contribution is 7.99. The van der Waals surface area contributed by atoms with Crippen molar-refractivity contribution in [1.29, 1.82) is 0 Å². The molecule has 1 saturated carbocycles. The Kier molecular flexibility index (Phi) is 7.48. The molecular weight excluding hydrogens is 518 g/mol. The number of amides is 1. The Balaban J connectivity index is 1.42. The molecule has 204 valence electrons. The van der Waals surface area contributed by atoms with E-state index in [-0.39, 0.29) is 22.6 Å². The number of hydrogen-bond acceptors (Lipinski definition) is 5. The van der Waals surface area contributed by atoms with Gasteiger partial charge in [0.1, 0.15) is 5.75 Å². The molecule has 1 fully saturated rings. The molecule has 4 aromatic rings. The van der Waals surface area contributed by atoms with Crippen LogP contribution in [0.3, 0.4) is 0 Å². The quantitative estimate of drug-likeness (QED) is 0.211. The van der Waals surface area contributed by atoms with Crippen LogP contribution in [-0.4, -0.2) is 28.3 Å². The number of para-hydroxylation sites is 2. The van der Waals surface area contributed by atoms with E-state index in [0.29, 0.717) is 23.1 Å². The number of aromatic nitrogens is 2. The fraction of sp³-hybridized carbons (Fsp3) is 0.303. The van der Waals surface area contributed by atoms with E-state index in [1.54, 1.807) is 11.7 Å². The molecule has 0 aliphatic heterocycles. The minimum atomic E-state index is -0.186. The fourth-order valence-electron chi connectivity index (χ4n) is 6.30. The highest BCUT2D eigenvalue weighted by atomic mass is 32.2. The van der Waals surface area contributed by atoms with Gasteiger partial charge in [0, 0.05) is 11.0 Å². The van der Waals surface area contributed by atoms with Crippen LogP contribution >= 0.6 is 11.8 Å². The zero-order chi connectivity index (χ0) is 27.5. The summed E-state index contributed by atoms with van der Waals surface area (Å²) in [4.78, 5) is 32.8. The van der Waals surface area contributed by atoms with Gasteiger partial charge in [-0.2, -0.15) is 0 Å². The lowest BCUT2D eigenvalue weighted by atomic mass is 9.62. The molecule has 1 aromatic heterocycles. The molecule has 2 aliphatic rings. The topological polar surface area (TPSA) is 73.2 Å². The van der Waals surface area contributed by atoms with Gasteiger partial charge < -0.3 is 10.1 Å². The van der Waals surface area contributed by atoms with Crippen LogP contribution < -0.4 is 15.6 Å². The molecule has 2 aliphatic carbocycles. The minimum absolute atomic E-state index is 0.0258. The van der Waals surface area contributed by atoms with Crippen molar-refractivity contribution in [2.45, 2.75) is 55.6 Å². The molecule has 0 atom stereocenters. The Morgan fingerprint density at radius 1 is 0.975 bits per heavy atom. The standard InChI is InChI=1S/C33H33N3O3S/c1-39-27-17-9-8-16-26(27)34-28(37)22-40-32-35-30-25-15-7-6-14-24(25)20-33(18-10-3-11-19-33)29(30)31(38)36(32)21-23-12-4-2-5-13-23/h2,4-9,12-17H,3,10-11,18-22H2,1H3,(H,34,37). The van der Waals surface area contributed by atoms with E-state index < -0.39 is 0 Å². The number of benzene rings is 3. The summed E-state index contributed by atoms with van der Waals surface area (Å²) in [5.74, 6) is 0.533. The molecule has 0 bridgehead atoms. The van der Waals surface area contributed by atoms with Gasteiger partial charge in [0.25, 0.3) is 5.56 Å². The zero-order valence-corrected chi connectivity index (χ0v) is 23.5. The third-order valence-electron chi connectivity index (χ3n) is 8.17. The van der Waals surface area contributed by atoms with E-state index in [2.05, 4.69) is 23.5 Å². The zero-order valence-electron chi connectivity index (χ0n) is 22.7. The molecule has 1 amide bonds. The number of fused-ring (bicyclic) bond motifs is 4. The summed E-state index contributed by atoms with van der Waals surface area (Å²) in [6, 6.07) is 25.7. The molecular formula is C33H33N3O3S. The van der Waals surface area contributed by atoms with Gasteiger partial charge in [-0.1, -0.05) is 97.8 Å². The number of nitrogens with zero attached hydrogens (tertiary/aromatic N) is 2. The van der Waals surface area contributed by atoms with Crippen LogP contribution in [0.4, 0.5) is 5.69 Å². The van der Waals surface area contributed by atoms with Gasteiger partial charge in [0.05, 0.1) is 36.4 Å². The number of thioether (sulfide) groups is 1. The summed E-state index contributed by atoms with van der Waals surface area (Å²) >= 11 is 1.30. The van der Waals surface area contributed by atoms with E-state index in [1.807, 2.05) is 60.7 Å². The Labute approximate surface area is 238 Å². The molecule has 6 nitrogen and oxygen atoms in total. The second-order valence-corrected chi connectivity index (χ2v) is 11.6. The maximum Gasteiger partial charge on any atom is 0.258 e. The highest BCUT2D eigenvalue weighted by Crippen LogP contribution is 2.48. The van der Waals surface area contributed by atoms with Crippen molar-refractivity contribution >= 4 is 23.4 Å². The van der Waals surface area contributed by atoms with Gasteiger partial charge in [0.2, 0.25) is 5.91 Å². The van der Waals surface area contributed by atoms with E-state index in [4.69, 9.17) is 9.72 Å². The van der Waals surface area contributed by atoms with Crippen molar-refractivity contribution in [2.24, 2.45) is 0 Å². The third-order valence-corrected chi connectivity index (χ3v) is 9.15. The van der Waals surface area contributed by atoms with Crippen LogP contribution in [0.2, 0.25) is 0 Å². The number of hydrogen-bond donors (Lipinski definition) is 1. The van der Waals surface area contributed by atoms with Crippen LogP contribution in [0.5, 0.6) is 5.75 Å². The van der Waals surface area contributed by atoms with Crippen molar-refractivity contribution in [3.8, 4) is 17.0 Å². The number of methoxy groups -OCH3 is 1. The second kappa shape index (κ2) is 11.3. The van der Waals surface area contributed by atoms with Crippen LogP contribution in [0.1, 0.15) is 48.8 Å². The number of ether oxygens (including phenoxy) is 1. The van der Waals surface area contributed by atoms with Gasteiger partial charge in [-0.05, 0) is 42.5 Å². The number of anilines is 1. The summed E-state index contributed by atoms with van der Waals surface area (Å²) in [5.41, 5.74) is 5.44. The highest BCUT2D eigenvalue weighted by Gasteiger charge is 2.43. The Morgan fingerprint density at radius 2 is 1.70 bits per heavy atom. The molecule has 0 unspecified atom stereocenters. The molecule has 7 heteroatoms. The first-order chi connectivity index (χ1) is 19.6. The van der Waals surface area contributed by atoms with Crippen molar-refractivity contribution < 1.29 is 9.53 Å². The monoisotopic (exact) mass is 551 g/mol. The van der Waals surface area contributed by atoms with Gasteiger partial charge >= 0.3 is 0 Å². The smallest absolute Gasteiger partial charge is 0.258 e. The molecule has 40 heavy (non-hydrogen) atoms. The van der Waals surface area contributed by atoms with E-state index >= 15 is 0 Å². The summed E-state index contributed by atoms with van der Waals surface area (Å²) < 4.78 is 7.17. The van der Waals surface area contributed by atoms with Crippen molar-refractivity contribution in [3.63, 3.8) is 0 Å². The Bertz CT molecular complexity index is 1590. The summed E-state index contributed by atoms with van der Waals surface area (Å²) in [6.45, 7) is 0.411. The van der Waals surface area contributed by atoms with Crippen LogP contribution in [-0.2, 0) is 23.2 Å². The van der Waals surface area contributed by atoms with E-state index in [0.717, 1.165) is 54.5 Å². The van der Waals surface area contributed by atoms with Crippen LogP contribution in [0.25, 0.3) is 11.3 Å². The minimum Gasteiger partial charge on any atom is -0.495 e. The molecule has 6 rings (SSSR count). The number of carbonyl (C=O) groups is 1. The average molecular weight is 552 g/mol. The molecule has 0 radical (unpaired) electrons. The Hall–Kier alpha value is -3.84. The van der Waals surface area contributed by atoms with Gasteiger partial charge in [-0.25, -0.2) is 4.98 Å². The maximum atomic E-state index is 14.5. The predicted octanol–water partition coefficient (Wildman–Crippen LogP) is 6.46. The number of rotatable bonds is 7. The summed E-state index contributed by atoms with van der Waals surface area (Å²) in [7, 11) is 1.58. The van der Waals surface area contributed by atoms with Gasteiger partial charge in [-0.15, -0.1) is 0 Å². The van der Waals surface area contributed by atoms with Gasteiger partial charge in [-0.3, -0.25) is 14.2 Å². The second-order valence-electron chi connectivity index (χ2n) is 10.7. The van der Waals surface area contributed by atoms with Gasteiger partial charge in [0.15, 0.2) is 5.16 Å². The first kappa shape index (κ1) is 26.4. The SMILES string of the molecule is COc1ccccc1NC(=O)CSc1nc2c(c(=O)n1Cc1ccccc1)C1(CCCCC1)Cc1ccccc1-2. The van der Waals surface area contributed by atoms with Crippen molar-refractivity contribution in [3.05, 3.63) is 106 Å². The normalized spacial score (nSPS) is 15.2. The molecule has 1 spiro atoms. The lowest BCUT2D eigenvalue weighted by Crippen LogP contribution is -2.43. The molecule has 1 heterocycles. The fourth-order valence-corrected chi connectivity index (χ4v) is 7.09. The van der Waals surface area contributed by atoms with Crippen LogP contribution in [0.15, 0.2) is 88.8 Å². The largest absolute Gasteiger partial charge is 0.495 e.